The summed E-state index contributed by atoms with van der Waals surface area (Å²) in [4.78, 5) is 35.7. The van der Waals surface area contributed by atoms with E-state index >= 15 is 0 Å². The Morgan fingerprint density at radius 1 is 0.479 bits per heavy atom. The van der Waals surface area contributed by atoms with Crippen LogP contribution in [-0.4, -0.2) is 104 Å². The van der Waals surface area contributed by atoms with E-state index in [2.05, 4.69) is 52.5 Å². The Morgan fingerprint density at radius 2 is 0.885 bits per heavy atom. The SMILES string of the molecule is CN(CCC(=O)Nc1oncc1-c1ccccc1)S(C)(=O)=O.COc1ccccc1-c1cnoc1-c1ccccc1.CS(=O)(=O)NCCC(=O)Nc1oncc1-c1ccccc1.Cc1oncc1-c1ccc(C#N)cc1.O=C(Nc1oncc1-c1ccccc1)c1ccccc1. The number of anilines is 3. The molecular formula is C70H65N11O13S2. The fourth-order valence-corrected chi connectivity index (χ4v) is 9.67. The summed E-state index contributed by atoms with van der Waals surface area (Å²) < 4.78 is 78.6. The fourth-order valence-electron chi connectivity index (χ4n) is 8.77. The van der Waals surface area contributed by atoms with Gasteiger partial charge in [0.25, 0.3) is 5.91 Å². The Bertz CT molecular complexity index is 4690. The smallest absolute Gasteiger partial charge is 0.258 e. The van der Waals surface area contributed by atoms with Gasteiger partial charge in [0, 0.05) is 55.2 Å². The number of carbonyl (C=O) groups excluding carboxylic acids is 3. The van der Waals surface area contributed by atoms with Gasteiger partial charge in [0.2, 0.25) is 49.5 Å². The van der Waals surface area contributed by atoms with Crippen molar-refractivity contribution in [1.82, 2.24) is 34.8 Å². The summed E-state index contributed by atoms with van der Waals surface area (Å²) in [5, 5.41) is 35.3. The molecule has 0 atom stereocenters. The minimum atomic E-state index is -3.30. The largest absolute Gasteiger partial charge is 0.496 e. The predicted octanol–water partition coefficient (Wildman–Crippen LogP) is 12.9. The maximum absolute atomic E-state index is 12.1. The van der Waals surface area contributed by atoms with Crippen LogP contribution in [0.3, 0.4) is 0 Å². The van der Waals surface area contributed by atoms with Gasteiger partial charge in [-0.1, -0.05) is 196 Å². The number of aryl methyl sites for hydroxylation is 1. The first-order valence-electron chi connectivity index (χ1n) is 29.3. The molecule has 0 aliphatic heterocycles. The molecule has 24 nitrogen and oxygen atoms in total. The molecule has 0 unspecified atom stereocenters. The van der Waals surface area contributed by atoms with Crippen LogP contribution in [0.5, 0.6) is 5.75 Å². The average Bonchev–Trinajstić information content (AvgIpc) is 1.65. The van der Waals surface area contributed by atoms with Crippen molar-refractivity contribution in [2.75, 3.05) is 55.7 Å². The van der Waals surface area contributed by atoms with E-state index in [1.165, 1.54) is 19.4 Å². The molecule has 0 aliphatic rings. The van der Waals surface area contributed by atoms with Crippen LogP contribution in [0.1, 0.15) is 34.5 Å². The lowest BCUT2D eigenvalue weighted by Gasteiger charge is -2.13. The summed E-state index contributed by atoms with van der Waals surface area (Å²) in [5.74, 6) is 2.26. The van der Waals surface area contributed by atoms with E-state index < -0.39 is 20.0 Å². The molecule has 4 N–H and O–H groups in total. The second-order valence-electron chi connectivity index (χ2n) is 20.6. The van der Waals surface area contributed by atoms with Gasteiger partial charge in [-0.3, -0.25) is 30.3 Å². The van der Waals surface area contributed by atoms with Gasteiger partial charge in [0.1, 0.15) is 11.5 Å². The summed E-state index contributed by atoms with van der Waals surface area (Å²) in [7, 11) is -3.51. The molecule has 0 saturated heterocycles. The molecule has 0 bridgehead atoms. The van der Waals surface area contributed by atoms with Crippen molar-refractivity contribution in [2.24, 2.45) is 0 Å². The number of nitriles is 1. The number of sulfonamides is 2. The quantitative estimate of drug-likeness (QED) is 0.0584. The standard InChI is InChI=1S/C16H12N2O2.C16H13NO2.C14H17N3O4S.C13H15N3O4S.C11H8N2O/c19-15(13-9-5-2-6-10-13)18-16-14(11-17-20-16)12-7-3-1-4-8-12;1-18-15-10-6-5-9-13(15)14-11-17-19-16(14)12-7-3-2-4-8-12;1-17(22(2,19)20)9-8-13(18)16-14-12(10-15-21-14)11-6-4-3-5-7-11;1-21(18,19)15-8-7-12(17)16-13-11(9-14-20-13)10-5-3-2-4-6-10;1-8-11(7-13-14-8)10-4-2-9(6-12)3-5-10/h1-11H,(H,18,19);2-11H,1H3;3-7,10H,8-9H2,1-2H3,(H,16,18);2-6,9,15H,7-8H2,1H3,(H,16,17);2-5,7H,1H3. The van der Waals surface area contributed by atoms with Crippen molar-refractivity contribution < 1.29 is 58.6 Å². The number of para-hydroxylation sites is 1. The Labute approximate surface area is 553 Å². The van der Waals surface area contributed by atoms with Gasteiger partial charge in [0.05, 0.1) is 84.5 Å². The van der Waals surface area contributed by atoms with Crippen molar-refractivity contribution in [3.05, 3.63) is 248 Å². The van der Waals surface area contributed by atoms with Gasteiger partial charge in [-0.25, -0.2) is 25.9 Å². The van der Waals surface area contributed by atoms with Crippen LogP contribution < -0.4 is 25.4 Å². The Hall–Kier alpha value is -11.9. The van der Waals surface area contributed by atoms with Crippen molar-refractivity contribution in [1.29, 1.82) is 5.26 Å². The van der Waals surface area contributed by atoms with Gasteiger partial charge < -0.3 is 27.4 Å². The van der Waals surface area contributed by atoms with Crippen LogP contribution in [0.15, 0.2) is 254 Å². The maximum atomic E-state index is 12.1. The average molecular weight is 1330 g/mol. The number of benzene rings is 7. The highest BCUT2D eigenvalue weighted by Crippen LogP contribution is 2.37. The molecule has 5 heterocycles. The molecular weight excluding hydrogens is 1270 g/mol. The van der Waals surface area contributed by atoms with Crippen molar-refractivity contribution >= 4 is 55.4 Å². The van der Waals surface area contributed by atoms with Crippen LogP contribution in [0, 0.1) is 18.3 Å². The minimum absolute atomic E-state index is 0.00198. The summed E-state index contributed by atoms with van der Waals surface area (Å²) in [6, 6.07) is 64.5. The molecule has 96 heavy (non-hydrogen) atoms. The number of nitrogens with zero attached hydrogens (tertiary/aromatic N) is 7. The molecule has 0 saturated carbocycles. The number of rotatable bonds is 19. The first-order chi connectivity index (χ1) is 46.4. The lowest BCUT2D eigenvalue weighted by atomic mass is 10.0. The number of hydrogen-bond acceptors (Lipinski definition) is 19. The number of hydrogen-bond donors (Lipinski definition) is 4. The highest BCUT2D eigenvalue weighted by molar-refractivity contribution is 7.88. The van der Waals surface area contributed by atoms with Gasteiger partial charge >= 0.3 is 0 Å². The van der Waals surface area contributed by atoms with Gasteiger partial charge in [-0.05, 0) is 59.5 Å². The lowest BCUT2D eigenvalue weighted by molar-refractivity contribution is -0.117. The normalized spacial score (nSPS) is 10.7. The third-order valence-electron chi connectivity index (χ3n) is 13.8. The summed E-state index contributed by atoms with van der Waals surface area (Å²) in [5.41, 5.74) is 10.9. The summed E-state index contributed by atoms with van der Waals surface area (Å²) >= 11 is 0. The number of methoxy groups -OCH3 is 1. The number of carbonyl (C=O) groups is 3. The van der Waals surface area contributed by atoms with Crippen LogP contribution >= 0.6 is 0 Å². The van der Waals surface area contributed by atoms with Crippen LogP contribution in [0.2, 0.25) is 0 Å². The van der Waals surface area contributed by atoms with Crippen molar-refractivity contribution in [2.45, 2.75) is 19.8 Å². The molecule has 3 amide bonds. The monoisotopic (exact) mass is 1330 g/mol. The second kappa shape index (κ2) is 34.7. The Kier molecular flexibility index (Phi) is 25.3. The molecule has 26 heteroatoms. The third-order valence-corrected chi connectivity index (χ3v) is 15.8. The molecule has 490 valence electrons. The van der Waals surface area contributed by atoms with Crippen LogP contribution in [0.25, 0.3) is 67.0 Å². The molecule has 0 fully saturated rings. The zero-order valence-electron chi connectivity index (χ0n) is 52.5. The number of aromatic nitrogens is 5. The zero-order valence-corrected chi connectivity index (χ0v) is 54.2. The number of amides is 3. The molecule has 0 spiro atoms. The molecule has 12 rings (SSSR count). The van der Waals surface area contributed by atoms with Crippen molar-refractivity contribution in [3.8, 4) is 78.8 Å². The van der Waals surface area contributed by atoms with E-state index in [1.807, 2.05) is 183 Å². The first kappa shape index (κ1) is 70.0. The zero-order chi connectivity index (χ0) is 68.3. The first-order valence-corrected chi connectivity index (χ1v) is 33.0. The van der Waals surface area contributed by atoms with Crippen molar-refractivity contribution in [3.63, 3.8) is 0 Å². The second-order valence-corrected chi connectivity index (χ2v) is 24.5. The predicted molar refractivity (Wildman–Crippen MR) is 362 cm³/mol. The van der Waals surface area contributed by atoms with Gasteiger partial charge in [-0.15, -0.1) is 0 Å². The van der Waals surface area contributed by atoms with E-state index in [0.717, 1.165) is 84.2 Å². The molecule has 5 aromatic heterocycles. The maximum Gasteiger partial charge on any atom is 0.258 e. The number of ether oxygens (including phenoxy) is 1. The third kappa shape index (κ3) is 20.8. The summed E-state index contributed by atoms with van der Waals surface area (Å²) in [6.07, 6.45) is 10.2. The topological polar surface area (TPSA) is 334 Å². The Morgan fingerprint density at radius 3 is 1.34 bits per heavy atom. The summed E-state index contributed by atoms with van der Waals surface area (Å²) in [6.45, 7) is 1.99. The van der Waals surface area contributed by atoms with E-state index in [1.54, 1.807) is 50.0 Å². The fraction of sp³-hybridized carbons (Fsp3) is 0.129. The lowest BCUT2D eigenvalue weighted by Crippen LogP contribution is -2.29. The van der Waals surface area contributed by atoms with Gasteiger partial charge in [0.15, 0.2) is 5.76 Å². The van der Waals surface area contributed by atoms with Crippen LogP contribution in [0.4, 0.5) is 17.7 Å². The Balaban J connectivity index is 0.000000154. The molecule has 12 aromatic rings. The molecule has 0 aliphatic carbocycles. The van der Waals surface area contributed by atoms with E-state index in [0.29, 0.717) is 28.1 Å². The highest BCUT2D eigenvalue weighted by Gasteiger charge is 2.20. The molecule has 7 aromatic carbocycles. The van der Waals surface area contributed by atoms with Gasteiger partial charge in [-0.2, -0.15) is 5.26 Å². The van der Waals surface area contributed by atoms with E-state index in [4.69, 9.17) is 32.6 Å². The molecule has 0 radical (unpaired) electrons. The minimum Gasteiger partial charge on any atom is -0.496 e. The highest BCUT2D eigenvalue weighted by atomic mass is 32.2. The van der Waals surface area contributed by atoms with E-state index in [-0.39, 0.29) is 55.4 Å². The van der Waals surface area contributed by atoms with E-state index in [9.17, 15) is 31.2 Å². The van der Waals surface area contributed by atoms with Crippen LogP contribution in [-0.2, 0) is 29.6 Å². The number of nitrogens with one attached hydrogen (secondary N) is 4.